The van der Waals surface area contributed by atoms with Gasteiger partial charge in [-0.15, -0.1) is 0 Å². The molecule has 0 bridgehead atoms. The van der Waals surface area contributed by atoms with Crippen molar-refractivity contribution in [3.05, 3.63) is 0 Å². The molecule has 0 saturated carbocycles. The molecule has 17 heavy (non-hydrogen) atoms. The summed E-state index contributed by atoms with van der Waals surface area (Å²) in [6, 6.07) is 0. The van der Waals surface area contributed by atoms with Gasteiger partial charge in [0.05, 0.1) is 32.5 Å². The molecule has 2 unspecified atom stereocenters. The van der Waals surface area contributed by atoms with Gasteiger partial charge in [0.15, 0.2) is 0 Å². The Balaban J connectivity index is 3.21. The molecule has 0 heterocycles. The van der Waals surface area contributed by atoms with Crippen LogP contribution in [0.5, 0.6) is 0 Å². The zero-order valence-electron chi connectivity index (χ0n) is 12.0. The summed E-state index contributed by atoms with van der Waals surface area (Å²) in [6.07, 6.45) is 3.85. The Bertz CT molecular complexity index is 150. The zero-order valence-corrected chi connectivity index (χ0v) is 12.0. The number of ether oxygens (including phenoxy) is 3. The number of rotatable bonds is 12. The average Bonchev–Trinajstić information content (AvgIpc) is 2.32. The van der Waals surface area contributed by atoms with E-state index < -0.39 is 0 Å². The molecule has 0 amide bonds. The molecular formula is C14H30O3. The molecule has 0 aliphatic carbocycles. The molecule has 0 aliphatic rings. The van der Waals surface area contributed by atoms with Crippen LogP contribution in [0.3, 0.4) is 0 Å². The van der Waals surface area contributed by atoms with Crippen LogP contribution >= 0.6 is 0 Å². The predicted octanol–water partition coefficient (Wildman–Crippen LogP) is 3.27. The second-order valence-electron chi connectivity index (χ2n) is 4.57. The summed E-state index contributed by atoms with van der Waals surface area (Å²) in [5.74, 6) is 0.632. The first-order valence-corrected chi connectivity index (χ1v) is 6.99. The molecule has 0 radical (unpaired) electrons. The maximum atomic E-state index is 5.72. The summed E-state index contributed by atoms with van der Waals surface area (Å²) in [5.41, 5.74) is 0. The fourth-order valence-corrected chi connectivity index (χ4v) is 1.61. The van der Waals surface area contributed by atoms with Gasteiger partial charge >= 0.3 is 0 Å². The van der Waals surface area contributed by atoms with Crippen LogP contribution in [-0.2, 0) is 14.2 Å². The van der Waals surface area contributed by atoms with Gasteiger partial charge in [-0.05, 0) is 25.7 Å². The van der Waals surface area contributed by atoms with E-state index in [0.717, 1.165) is 13.0 Å². The van der Waals surface area contributed by atoms with Crippen LogP contribution in [0.15, 0.2) is 0 Å². The Morgan fingerprint density at radius 3 is 1.94 bits per heavy atom. The van der Waals surface area contributed by atoms with E-state index in [1.165, 1.54) is 12.8 Å². The van der Waals surface area contributed by atoms with Crippen molar-refractivity contribution >= 4 is 0 Å². The predicted molar refractivity (Wildman–Crippen MR) is 71.4 cm³/mol. The van der Waals surface area contributed by atoms with Crippen molar-refractivity contribution in [2.75, 3.05) is 33.0 Å². The van der Waals surface area contributed by atoms with E-state index >= 15 is 0 Å². The normalized spacial score (nSPS) is 14.8. The molecule has 2 atom stereocenters. The molecule has 0 aromatic heterocycles. The van der Waals surface area contributed by atoms with Crippen LogP contribution in [0.2, 0.25) is 0 Å². The SMILES string of the molecule is CCCOCCOCCOC(C)C(C)CCC. The summed E-state index contributed by atoms with van der Waals surface area (Å²) in [5, 5.41) is 0. The first kappa shape index (κ1) is 16.9. The maximum Gasteiger partial charge on any atom is 0.0704 e. The Morgan fingerprint density at radius 1 is 0.765 bits per heavy atom. The van der Waals surface area contributed by atoms with Crippen molar-refractivity contribution in [3.63, 3.8) is 0 Å². The lowest BCUT2D eigenvalue weighted by atomic mass is 10.0. The van der Waals surface area contributed by atoms with Gasteiger partial charge in [-0.1, -0.05) is 27.2 Å². The largest absolute Gasteiger partial charge is 0.379 e. The Kier molecular flexibility index (Phi) is 12.3. The van der Waals surface area contributed by atoms with Gasteiger partial charge in [0.2, 0.25) is 0 Å². The minimum absolute atomic E-state index is 0.329. The topological polar surface area (TPSA) is 27.7 Å². The lowest BCUT2D eigenvalue weighted by Gasteiger charge is -2.19. The van der Waals surface area contributed by atoms with Crippen molar-refractivity contribution in [2.45, 2.75) is 53.1 Å². The highest BCUT2D eigenvalue weighted by molar-refractivity contribution is 4.60. The van der Waals surface area contributed by atoms with Crippen LogP contribution in [0, 0.1) is 5.92 Å². The zero-order chi connectivity index (χ0) is 12.9. The third-order valence-electron chi connectivity index (χ3n) is 2.87. The second kappa shape index (κ2) is 12.3. The molecule has 0 spiro atoms. The lowest BCUT2D eigenvalue weighted by molar-refractivity contribution is -0.0224. The molecule has 0 fully saturated rings. The first-order valence-electron chi connectivity index (χ1n) is 6.99. The quantitative estimate of drug-likeness (QED) is 0.495. The van der Waals surface area contributed by atoms with Gasteiger partial charge in [0.1, 0.15) is 0 Å². The molecule has 0 rings (SSSR count). The molecular weight excluding hydrogens is 216 g/mol. The third kappa shape index (κ3) is 10.7. The molecule has 3 heteroatoms. The number of hydrogen-bond donors (Lipinski definition) is 0. The highest BCUT2D eigenvalue weighted by atomic mass is 16.5. The van der Waals surface area contributed by atoms with Gasteiger partial charge < -0.3 is 14.2 Å². The van der Waals surface area contributed by atoms with Crippen LogP contribution in [0.25, 0.3) is 0 Å². The van der Waals surface area contributed by atoms with E-state index in [2.05, 4.69) is 27.7 Å². The molecule has 0 aromatic rings. The third-order valence-corrected chi connectivity index (χ3v) is 2.87. The highest BCUT2D eigenvalue weighted by Crippen LogP contribution is 2.12. The van der Waals surface area contributed by atoms with Gasteiger partial charge in [0, 0.05) is 6.61 Å². The van der Waals surface area contributed by atoms with E-state index in [0.29, 0.717) is 38.4 Å². The molecule has 104 valence electrons. The Hall–Kier alpha value is -0.120. The second-order valence-corrected chi connectivity index (χ2v) is 4.57. The van der Waals surface area contributed by atoms with Crippen LogP contribution in [0.4, 0.5) is 0 Å². The van der Waals surface area contributed by atoms with E-state index in [1.54, 1.807) is 0 Å². The van der Waals surface area contributed by atoms with Crippen molar-refractivity contribution < 1.29 is 14.2 Å². The Labute approximate surface area is 107 Å². The minimum Gasteiger partial charge on any atom is -0.379 e. The maximum absolute atomic E-state index is 5.72. The van der Waals surface area contributed by atoms with Crippen molar-refractivity contribution in [1.29, 1.82) is 0 Å². The lowest BCUT2D eigenvalue weighted by Crippen LogP contribution is -2.20. The van der Waals surface area contributed by atoms with E-state index in [4.69, 9.17) is 14.2 Å². The van der Waals surface area contributed by atoms with Crippen molar-refractivity contribution in [1.82, 2.24) is 0 Å². The van der Waals surface area contributed by atoms with Gasteiger partial charge in [-0.2, -0.15) is 0 Å². The van der Waals surface area contributed by atoms with Crippen molar-refractivity contribution in [3.8, 4) is 0 Å². The van der Waals surface area contributed by atoms with E-state index in [-0.39, 0.29) is 0 Å². The van der Waals surface area contributed by atoms with Gasteiger partial charge in [-0.25, -0.2) is 0 Å². The van der Waals surface area contributed by atoms with E-state index in [1.807, 2.05) is 0 Å². The summed E-state index contributed by atoms with van der Waals surface area (Å²) in [4.78, 5) is 0. The fourth-order valence-electron chi connectivity index (χ4n) is 1.61. The van der Waals surface area contributed by atoms with Crippen LogP contribution in [-0.4, -0.2) is 39.1 Å². The van der Waals surface area contributed by atoms with E-state index in [9.17, 15) is 0 Å². The van der Waals surface area contributed by atoms with Crippen molar-refractivity contribution in [2.24, 2.45) is 5.92 Å². The van der Waals surface area contributed by atoms with Crippen LogP contribution in [0.1, 0.15) is 47.0 Å². The number of hydrogen-bond acceptors (Lipinski definition) is 3. The first-order chi connectivity index (χ1) is 8.22. The molecule has 0 saturated heterocycles. The smallest absolute Gasteiger partial charge is 0.0704 e. The molecule has 0 aromatic carbocycles. The summed E-state index contributed by atoms with van der Waals surface area (Å²) >= 11 is 0. The fraction of sp³-hybridized carbons (Fsp3) is 1.00. The Morgan fingerprint density at radius 2 is 1.35 bits per heavy atom. The molecule has 0 aliphatic heterocycles. The average molecular weight is 246 g/mol. The highest BCUT2D eigenvalue weighted by Gasteiger charge is 2.10. The standard InChI is InChI=1S/C14H30O3/c1-5-7-13(3)14(4)17-12-11-16-10-9-15-8-6-2/h13-14H,5-12H2,1-4H3. The van der Waals surface area contributed by atoms with Gasteiger partial charge in [0.25, 0.3) is 0 Å². The summed E-state index contributed by atoms with van der Waals surface area (Å²) < 4.78 is 16.5. The summed E-state index contributed by atoms with van der Waals surface area (Å²) in [7, 11) is 0. The molecule has 3 nitrogen and oxygen atoms in total. The monoisotopic (exact) mass is 246 g/mol. The molecule has 0 N–H and O–H groups in total. The minimum atomic E-state index is 0.329. The van der Waals surface area contributed by atoms with Crippen LogP contribution < -0.4 is 0 Å². The summed E-state index contributed by atoms with van der Waals surface area (Å²) in [6.45, 7) is 12.2. The van der Waals surface area contributed by atoms with Gasteiger partial charge in [-0.3, -0.25) is 0 Å².